The van der Waals surface area contributed by atoms with E-state index in [0.717, 1.165) is 16.8 Å². The molecule has 6 heteroatoms. The Morgan fingerprint density at radius 2 is 1.96 bits per heavy atom. The van der Waals surface area contributed by atoms with E-state index in [9.17, 15) is 14.3 Å². The topological polar surface area (TPSA) is 58.4 Å². The Hall–Kier alpha value is -2.99. The van der Waals surface area contributed by atoms with Crippen molar-refractivity contribution < 1.29 is 14.3 Å². The fraction of sp³-hybridized carbons (Fsp3) is 0.273. The Kier molecular flexibility index (Phi) is 4.96. The molecule has 2 heterocycles. The van der Waals surface area contributed by atoms with Gasteiger partial charge in [-0.3, -0.25) is 9.69 Å². The number of hydrogen-bond donors (Lipinski definition) is 1. The predicted molar refractivity (Wildman–Crippen MR) is 106 cm³/mol. The van der Waals surface area contributed by atoms with Crippen LogP contribution in [0.4, 0.5) is 10.2 Å². The van der Waals surface area contributed by atoms with E-state index in [1.807, 2.05) is 49.4 Å². The summed E-state index contributed by atoms with van der Waals surface area (Å²) in [6, 6.07) is 16.6. The van der Waals surface area contributed by atoms with Gasteiger partial charge in [-0.05, 0) is 17.2 Å². The molecule has 3 aromatic rings. The van der Waals surface area contributed by atoms with E-state index in [1.165, 1.54) is 0 Å². The van der Waals surface area contributed by atoms with Crippen molar-refractivity contribution in [1.29, 1.82) is 0 Å². The number of aliphatic hydroxyl groups is 1. The number of halogens is 1. The van der Waals surface area contributed by atoms with E-state index < -0.39 is 0 Å². The third kappa shape index (κ3) is 3.31. The Morgan fingerprint density at radius 3 is 2.68 bits per heavy atom. The van der Waals surface area contributed by atoms with Crippen LogP contribution < -0.4 is 4.90 Å². The Balaban J connectivity index is 1.64. The molecule has 0 saturated carbocycles. The van der Waals surface area contributed by atoms with E-state index in [0.29, 0.717) is 24.3 Å². The average molecular weight is 379 g/mol. The first-order chi connectivity index (χ1) is 13.6. The zero-order valence-electron chi connectivity index (χ0n) is 15.7. The molecule has 0 fully saturated rings. The predicted octanol–water partition coefficient (Wildman–Crippen LogP) is 3.57. The van der Waals surface area contributed by atoms with E-state index in [-0.39, 0.29) is 30.8 Å². The van der Waals surface area contributed by atoms with Crippen LogP contribution in [0.5, 0.6) is 0 Å². The summed E-state index contributed by atoms with van der Waals surface area (Å²) in [5, 5.41) is 13.9. The van der Waals surface area contributed by atoms with Crippen LogP contribution >= 0.6 is 0 Å². The molecule has 1 atom stereocenters. The van der Waals surface area contributed by atoms with Crippen LogP contribution in [0.25, 0.3) is 11.1 Å². The molecule has 0 aliphatic carbocycles. The zero-order valence-corrected chi connectivity index (χ0v) is 15.7. The second-order valence-corrected chi connectivity index (χ2v) is 7.00. The van der Waals surface area contributed by atoms with Crippen LogP contribution in [-0.4, -0.2) is 33.9 Å². The monoisotopic (exact) mass is 379 g/mol. The largest absolute Gasteiger partial charge is 0.395 e. The molecule has 1 aliphatic rings. The fourth-order valence-corrected chi connectivity index (χ4v) is 3.65. The van der Waals surface area contributed by atoms with Gasteiger partial charge in [0.2, 0.25) is 5.91 Å². The minimum Gasteiger partial charge on any atom is -0.395 e. The van der Waals surface area contributed by atoms with Crippen LogP contribution in [-0.2, 0) is 11.3 Å². The lowest BCUT2D eigenvalue weighted by Gasteiger charge is -2.26. The van der Waals surface area contributed by atoms with Gasteiger partial charge < -0.3 is 5.11 Å². The summed E-state index contributed by atoms with van der Waals surface area (Å²) in [4.78, 5) is 13.7. The highest BCUT2D eigenvalue weighted by Gasteiger charge is 2.27. The average Bonchev–Trinajstić information content (AvgIpc) is 3.15. The molecule has 1 amide bonds. The van der Waals surface area contributed by atoms with Gasteiger partial charge in [-0.1, -0.05) is 49.4 Å². The van der Waals surface area contributed by atoms with E-state index in [2.05, 4.69) is 5.10 Å². The van der Waals surface area contributed by atoms with Gasteiger partial charge >= 0.3 is 0 Å². The van der Waals surface area contributed by atoms with Crippen LogP contribution in [0.2, 0.25) is 0 Å². The second-order valence-electron chi connectivity index (χ2n) is 7.00. The number of carbonyl (C=O) groups excluding carboxylic acids is 1. The van der Waals surface area contributed by atoms with E-state index in [1.54, 1.807) is 21.7 Å². The molecule has 0 bridgehead atoms. The van der Waals surface area contributed by atoms with Crippen molar-refractivity contribution in [2.75, 3.05) is 18.1 Å². The Bertz CT molecular complexity index is 1000. The van der Waals surface area contributed by atoms with E-state index in [4.69, 9.17) is 0 Å². The van der Waals surface area contributed by atoms with Gasteiger partial charge in [-0.2, -0.15) is 5.10 Å². The molecule has 5 nitrogen and oxygen atoms in total. The molecule has 1 N–H and O–H groups in total. The van der Waals surface area contributed by atoms with Crippen LogP contribution in [0.3, 0.4) is 0 Å². The molecule has 144 valence electrons. The number of carbonyl (C=O) groups is 1. The highest BCUT2D eigenvalue weighted by Crippen LogP contribution is 2.32. The minimum atomic E-state index is -0.267. The number of aliphatic hydroxyl groups excluding tert-OH is 1. The third-order valence-electron chi connectivity index (χ3n) is 5.24. The minimum absolute atomic E-state index is 0.0149. The molecule has 1 aliphatic heterocycles. The quantitative estimate of drug-likeness (QED) is 0.737. The summed E-state index contributed by atoms with van der Waals surface area (Å²) in [7, 11) is 0. The van der Waals surface area contributed by atoms with Crippen LogP contribution in [0, 0.1) is 5.82 Å². The van der Waals surface area contributed by atoms with E-state index >= 15 is 0 Å². The lowest BCUT2D eigenvalue weighted by atomic mass is 9.95. The maximum Gasteiger partial charge on any atom is 0.230 e. The number of benzene rings is 2. The number of aryl methyl sites for hydroxylation is 1. The van der Waals surface area contributed by atoms with Gasteiger partial charge in [0, 0.05) is 24.0 Å². The van der Waals surface area contributed by atoms with Crippen LogP contribution in [0.1, 0.15) is 30.5 Å². The van der Waals surface area contributed by atoms with Gasteiger partial charge in [0.15, 0.2) is 0 Å². The second kappa shape index (κ2) is 7.56. The summed E-state index contributed by atoms with van der Waals surface area (Å²) in [5.41, 5.74) is 3.02. The van der Waals surface area contributed by atoms with Gasteiger partial charge in [-0.15, -0.1) is 0 Å². The highest BCUT2D eigenvalue weighted by molar-refractivity contribution is 5.93. The summed E-state index contributed by atoms with van der Waals surface area (Å²) in [6.45, 7) is 2.64. The molecule has 28 heavy (non-hydrogen) atoms. The fourth-order valence-electron chi connectivity index (χ4n) is 3.65. The molecular formula is C22H22FN3O2. The summed E-state index contributed by atoms with van der Waals surface area (Å²) in [6.07, 6.45) is 0.364. The van der Waals surface area contributed by atoms with Crippen molar-refractivity contribution in [3.05, 3.63) is 71.7 Å². The number of rotatable bonds is 5. The standard InChI is InChI=1S/C22H22FN3O2/c1-15(17-7-8-18(19(23)13-17)16-5-3-2-4-6-16)20-14-21-25(11-12-27)22(28)9-10-26(21)24-20/h2-8,13-15,27H,9-12H2,1H3. The van der Waals surface area contributed by atoms with Gasteiger partial charge in [0.05, 0.1) is 25.4 Å². The van der Waals surface area contributed by atoms with Crippen molar-refractivity contribution in [1.82, 2.24) is 9.78 Å². The lowest BCUT2D eigenvalue weighted by molar-refractivity contribution is -0.119. The molecule has 1 aromatic heterocycles. The molecular weight excluding hydrogens is 357 g/mol. The maximum absolute atomic E-state index is 14.7. The third-order valence-corrected chi connectivity index (χ3v) is 5.24. The number of amides is 1. The number of anilines is 1. The molecule has 1 unspecified atom stereocenters. The normalized spacial score (nSPS) is 14.8. The lowest BCUT2D eigenvalue weighted by Crippen LogP contribution is -2.39. The number of fused-ring (bicyclic) bond motifs is 1. The number of β-amino-alcohol motifs (C(OH)–C–C–N with tert-alkyl or cyclic N) is 1. The number of nitrogens with zero attached hydrogens (tertiary/aromatic N) is 3. The number of hydrogen-bond acceptors (Lipinski definition) is 3. The molecule has 0 spiro atoms. The first-order valence-corrected chi connectivity index (χ1v) is 9.42. The molecule has 2 aromatic carbocycles. The summed E-state index contributed by atoms with van der Waals surface area (Å²) >= 11 is 0. The van der Waals surface area contributed by atoms with Crippen molar-refractivity contribution >= 4 is 11.7 Å². The van der Waals surface area contributed by atoms with Gasteiger partial charge in [-0.25, -0.2) is 9.07 Å². The highest BCUT2D eigenvalue weighted by atomic mass is 19.1. The number of aromatic nitrogens is 2. The van der Waals surface area contributed by atoms with Crippen molar-refractivity contribution in [3.63, 3.8) is 0 Å². The SMILES string of the molecule is CC(c1ccc(-c2ccccc2)c(F)c1)c1cc2n(n1)CCC(=O)N2CCO. The first kappa shape index (κ1) is 18.4. The zero-order chi connectivity index (χ0) is 19.7. The Labute approximate surface area is 163 Å². The van der Waals surface area contributed by atoms with Crippen molar-refractivity contribution in [3.8, 4) is 11.1 Å². The maximum atomic E-state index is 14.7. The van der Waals surface area contributed by atoms with Crippen molar-refractivity contribution in [2.24, 2.45) is 0 Å². The summed E-state index contributed by atoms with van der Waals surface area (Å²) in [5.74, 6) is 0.285. The summed E-state index contributed by atoms with van der Waals surface area (Å²) < 4.78 is 16.5. The molecule has 4 rings (SSSR count). The van der Waals surface area contributed by atoms with Gasteiger partial charge in [0.25, 0.3) is 0 Å². The molecule has 0 radical (unpaired) electrons. The Morgan fingerprint density at radius 1 is 1.18 bits per heavy atom. The molecule has 0 saturated heterocycles. The van der Waals surface area contributed by atoms with Crippen LogP contribution in [0.15, 0.2) is 54.6 Å². The first-order valence-electron chi connectivity index (χ1n) is 9.42. The smallest absolute Gasteiger partial charge is 0.230 e. The van der Waals surface area contributed by atoms with Crippen molar-refractivity contribution in [2.45, 2.75) is 25.8 Å². The van der Waals surface area contributed by atoms with Gasteiger partial charge in [0.1, 0.15) is 11.6 Å².